The number of rotatable bonds is 3. The highest BCUT2D eigenvalue weighted by atomic mass is 16.5. The van der Waals surface area contributed by atoms with Crippen molar-refractivity contribution in [1.29, 1.82) is 0 Å². The Hall–Kier alpha value is -0.610. The molecule has 3 N–H and O–H groups in total. The topological polar surface area (TPSA) is 64.4 Å². The Morgan fingerprint density at radius 3 is 2.75 bits per heavy atom. The summed E-state index contributed by atoms with van der Waals surface area (Å²) in [5.41, 5.74) is 5.54. The van der Waals surface area contributed by atoms with Gasteiger partial charge in [0.15, 0.2) is 0 Å². The van der Waals surface area contributed by atoms with Crippen molar-refractivity contribution >= 4 is 5.91 Å². The number of carbonyl (C=O) groups is 1. The highest BCUT2D eigenvalue weighted by Crippen LogP contribution is 2.26. The average Bonchev–Trinajstić information content (AvgIpc) is 2.79. The Kier molecular flexibility index (Phi) is 3.82. The highest BCUT2D eigenvalue weighted by Gasteiger charge is 2.35. The van der Waals surface area contributed by atoms with Gasteiger partial charge in [-0.3, -0.25) is 4.79 Å². The van der Waals surface area contributed by atoms with Gasteiger partial charge in [0.05, 0.1) is 12.1 Å². The highest BCUT2D eigenvalue weighted by molar-refractivity contribution is 5.86. The fourth-order valence-corrected chi connectivity index (χ4v) is 2.57. The summed E-state index contributed by atoms with van der Waals surface area (Å²) in [6, 6.07) is 0. The second-order valence-electron chi connectivity index (χ2n) is 5.16. The number of hydrogen-bond acceptors (Lipinski definition) is 3. The van der Waals surface area contributed by atoms with E-state index in [0.717, 1.165) is 51.9 Å². The number of amides is 1. The molecule has 4 nitrogen and oxygen atoms in total. The van der Waals surface area contributed by atoms with E-state index < -0.39 is 5.54 Å². The van der Waals surface area contributed by atoms with Gasteiger partial charge in [-0.25, -0.2) is 0 Å². The van der Waals surface area contributed by atoms with Crippen LogP contribution in [0, 0.1) is 5.92 Å². The molecule has 1 saturated carbocycles. The van der Waals surface area contributed by atoms with Crippen LogP contribution in [0.15, 0.2) is 0 Å². The molecule has 2 aliphatic rings. The third kappa shape index (κ3) is 2.74. The van der Waals surface area contributed by atoms with E-state index in [9.17, 15) is 4.79 Å². The Bertz CT molecular complexity index is 243. The summed E-state index contributed by atoms with van der Waals surface area (Å²) in [5.74, 6) is 0.523. The van der Waals surface area contributed by atoms with Crippen LogP contribution in [0.25, 0.3) is 0 Å². The monoisotopic (exact) mass is 226 g/mol. The van der Waals surface area contributed by atoms with Crippen LogP contribution >= 0.6 is 0 Å². The fraction of sp³-hybridized carbons (Fsp3) is 0.917. The summed E-state index contributed by atoms with van der Waals surface area (Å²) in [5, 5.41) is 2.99. The zero-order valence-corrected chi connectivity index (χ0v) is 9.84. The molecule has 1 aliphatic heterocycles. The van der Waals surface area contributed by atoms with Crippen LogP contribution in [-0.4, -0.2) is 31.2 Å². The minimum Gasteiger partial charge on any atom is -0.381 e. The lowest BCUT2D eigenvalue weighted by atomic mass is 9.82. The van der Waals surface area contributed by atoms with Crippen LogP contribution in [0.1, 0.15) is 38.5 Å². The Morgan fingerprint density at radius 2 is 2.12 bits per heavy atom. The molecule has 1 amide bonds. The van der Waals surface area contributed by atoms with Gasteiger partial charge in [0.25, 0.3) is 0 Å². The minimum absolute atomic E-state index is 0.0408. The SMILES string of the molecule is NC1(C(=O)NCC2CCOC2)CCCCC1. The maximum atomic E-state index is 12.0. The molecule has 2 fully saturated rings. The van der Waals surface area contributed by atoms with Gasteiger partial charge >= 0.3 is 0 Å². The normalized spacial score (nSPS) is 28.9. The first kappa shape index (κ1) is 11.9. The van der Waals surface area contributed by atoms with Crippen LogP contribution < -0.4 is 11.1 Å². The molecule has 1 saturated heterocycles. The Labute approximate surface area is 96.9 Å². The zero-order valence-electron chi connectivity index (χ0n) is 9.84. The summed E-state index contributed by atoms with van der Waals surface area (Å²) in [7, 11) is 0. The number of carbonyl (C=O) groups excluding carboxylic acids is 1. The molecule has 92 valence electrons. The summed E-state index contributed by atoms with van der Waals surface area (Å²) < 4.78 is 5.28. The lowest BCUT2D eigenvalue weighted by Gasteiger charge is -2.32. The first-order valence-corrected chi connectivity index (χ1v) is 6.36. The summed E-state index contributed by atoms with van der Waals surface area (Å²) in [6.07, 6.45) is 6.09. The third-order valence-electron chi connectivity index (χ3n) is 3.77. The molecule has 0 radical (unpaired) electrons. The van der Waals surface area contributed by atoms with Gasteiger partial charge in [0.1, 0.15) is 0 Å². The molecule has 1 heterocycles. The molecule has 0 spiro atoms. The largest absolute Gasteiger partial charge is 0.381 e. The zero-order chi connectivity index (χ0) is 11.4. The molecular formula is C12H22N2O2. The number of ether oxygens (including phenoxy) is 1. The summed E-state index contributed by atoms with van der Waals surface area (Å²) >= 11 is 0. The third-order valence-corrected chi connectivity index (χ3v) is 3.77. The lowest BCUT2D eigenvalue weighted by molar-refractivity contribution is -0.127. The van der Waals surface area contributed by atoms with Crippen molar-refractivity contribution in [3.63, 3.8) is 0 Å². The van der Waals surface area contributed by atoms with E-state index in [0.29, 0.717) is 5.92 Å². The molecule has 0 aromatic heterocycles. The van der Waals surface area contributed by atoms with Crippen molar-refractivity contribution in [1.82, 2.24) is 5.32 Å². The maximum absolute atomic E-state index is 12.0. The first-order valence-electron chi connectivity index (χ1n) is 6.36. The molecule has 1 unspecified atom stereocenters. The molecule has 2 rings (SSSR count). The van der Waals surface area contributed by atoms with Gasteiger partial charge in [-0.2, -0.15) is 0 Å². The van der Waals surface area contributed by atoms with Gasteiger partial charge < -0.3 is 15.8 Å². The predicted octanol–water partition coefficient (Wildman–Crippen LogP) is 0.801. The Balaban J connectivity index is 1.77. The number of hydrogen-bond donors (Lipinski definition) is 2. The molecule has 1 aliphatic carbocycles. The maximum Gasteiger partial charge on any atom is 0.240 e. The van der Waals surface area contributed by atoms with E-state index in [1.165, 1.54) is 6.42 Å². The average molecular weight is 226 g/mol. The molecule has 16 heavy (non-hydrogen) atoms. The second kappa shape index (κ2) is 5.15. The van der Waals surface area contributed by atoms with Crippen LogP contribution in [0.2, 0.25) is 0 Å². The van der Waals surface area contributed by atoms with Gasteiger partial charge in [-0.05, 0) is 19.3 Å². The van der Waals surface area contributed by atoms with Gasteiger partial charge in [-0.15, -0.1) is 0 Å². The van der Waals surface area contributed by atoms with E-state index in [4.69, 9.17) is 10.5 Å². The summed E-state index contributed by atoms with van der Waals surface area (Å²) in [6.45, 7) is 2.32. The minimum atomic E-state index is -0.599. The molecule has 4 heteroatoms. The fourth-order valence-electron chi connectivity index (χ4n) is 2.57. The molecular weight excluding hydrogens is 204 g/mol. The van der Waals surface area contributed by atoms with Crippen molar-refractivity contribution in [2.45, 2.75) is 44.1 Å². The van der Waals surface area contributed by atoms with Crippen molar-refractivity contribution in [3.05, 3.63) is 0 Å². The van der Waals surface area contributed by atoms with E-state index in [1.807, 2.05) is 0 Å². The molecule has 1 atom stereocenters. The number of nitrogens with two attached hydrogens (primary N) is 1. The van der Waals surface area contributed by atoms with Gasteiger partial charge in [0.2, 0.25) is 5.91 Å². The van der Waals surface area contributed by atoms with Crippen LogP contribution in [0.4, 0.5) is 0 Å². The van der Waals surface area contributed by atoms with Crippen LogP contribution in [0.5, 0.6) is 0 Å². The quantitative estimate of drug-likeness (QED) is 0.748. The van der Waals surface area contributed by atoms with Crippen molar-refractivity contribution in [3.8, 4) is 0 Å². The van der Waals surface area contributed by atoms with Crippen LogP contribution in [-0.2, 0) is 9.53 Å². The van der Waals surface area contributed by atoms with Gasteiger partial charge in [0, 0.05) is 19.1 Å². The lowest BCUT2D eigenvalue weighted by Crippen LogP contribution is -2.55. The van der Waals surface area contributed by atoms with Crippen molar-refractivity contribution < 1.29 is 9.53 Å². The van der Waals surface area contributed by atoms with Crippen LogP contribution in [0.3, 0.4) is 0 Å². The number of nitrogens with one attached hydrogen (secondary N) is 1. The smallest absolute Gasteiger partial charge is 0.240 e. The Morgan fingerprint density at radius 1 is 1.38 bits per heavy atom. The summed E-state index contributed by atoms with van der Waals surface area (Å²) in [4.78, 5) is 12.0. The van der Waals surface area contributed by atoms with E-state index in [2.05, 4.69) is 5.32 Å². The molecule has 0 bridgehead atoms. The van der Waals surface area contributed by atoms with Gasteiger partial charge in [-0.1, -0.05) is 19.3 Å². The first-order chi connectivity index (χ1) is 7.71. The van der Waals surface area contributed by atoms with E-state index >= 15 is 0 Å². The van der Waals surface area contributed by atoms with E-state index in [-0.39, 0.29) is 5.91 Å². The van der Waals surface area contributed by atoms with Crippen molar-refractivity contribution in [2.24, 2.45) is 11.7 Å². The van der Waals surface area contributed by atoms with E-state index in [1.54, 1.807) is 0 Å². The second-order valence-corrected chi connectivity index (χ2v) is 5.16. The molecule has 0 aromatic carbocycles. The standard InChI is InChI=1S/C12H22N2O2/c13-12(5-2-1-3-6-12)11(15)14-8-10-4-7-16-9-10/h10H,1-9,13H2,(H,14,15). The van der Waals surface area contributed by atoms with Crippen molar-refractivity contribution in [2.75, 3.05) is 19.8 Å². The predicted molar refractivity (Wildman–Crippen MR) is 61.9 cm³/mol. The molecule has 0 aromatic rings.